The van der Waals surface area contributed by atoms with Crippen LogP contribution in [0.3, 0.4) is 0 Å². The number of fused-ring (bicyclic) bond motifs is 1. The van der Waals surface area contributed by atoms with Crippen molar-refractivity contribution < 1.29 is 14.3 Å². The Kier molecular flexibility index (Phi) is 4.52. The van der Waals surface area contributed by atoms with Crippen LogP contribution in [0.25, 0.3) is 0 Å². The minimum absolute atomic E-state index is 0.159. The van der Waals surface area contributed by atoms with E-state index < -0.39 is 0 Å². The maximum atomic E-state index is 12.4. The topological polar surface area (TPSA) is 85.4 Å². The molecule has 0 spiro atoms. The molecule has 4 rings (SSSR count). The summed E-state index contributed by atoms with van der Waals surface area (Å²) in [5, 5.41) is 14.6. The molecule has 1 aliphatic rings. The molecule has 0 bridgehead atoms. The number of nitrogens with zero attached hydrogens (tertiary/aromatic N) is 2. The van der Waals surface area contributed by atoms with Crippen molar-refractivity contribution in [1.29, 1.82) is 0 Å². The Bertz CT molecular complexity index is 1010. The minimum atomic E-state index is -0.311. The zero-order valence-electron chi connectivity index (χ0n) is 14.3. The van der Waals surface area contributed by atoms with Crippen molar-refractivity contribution in [2.45, 2.75) is 6.92 Å². The van der Waals surface area contributed by atoms with Gasteiger partial charge in [0.2, 0.25) is 6.79 Å². The van der Waals surface area contributed by atoms with Crippen LogP contribution in [0.4, 0.5) is 17.3 Å². The van der Waals surface area contributed by atoms with E-state index in [-0.39, 0.29) is 12.7 Å². The second-order valence-corrected chi connectivity index (χ2v) is 6.27. The van der Waals surface area contributed by atoms with Gasteiger partial charge in [-0.3, -0.25) is 4.79 Å². The lowest BCUT2D eigenvalue weighted by Gasteiger charge is -2.10. The number of aromatic nitrogens is 2. The second kappa shape index (κ2) is 7.13. The van der Waals surface area contributed by atoms with Crippen LogP contribution < -0.4 is 20.1 Å². The summed E-state index contributed by atoms with van der Waals surface area (Å²) >= 11 is 6.12. The van der Waals surface area contributed by atoms with Crippen molar-refractivity contribution in [3.63, 3.8) is 0 Å². The lowest BCUT2D eigenvalue weighted by Crippen LogP contribution is -2.13. The van der Waals surface area contributed by atoms with Crippen LogP contribution in [-0.2, 0) is 0 Å². The van der Waals surface area contributed by atoms with Gasteiger partial charge in [-0.15, -0.1) is 10.2 Å². The van der Waals surface area contributed by atoms with Crippen LogP contribution in [-0.4, -0.2) is 22.9 Å². The molecular weight excluding hydrogens is 368 g/mol. The zero-order chi connectivity index (χ0) is 18.8. The van der Waals surface area contributed by atoms with Gasteiger partial charge in [0.05, 0.1) is 0 Å². The average Bonchev–Trinajstić information content (AvgIpc) is 3.15. The third-order valence-electron chi connectivity index (χ3n) is 4.07. The van der Waals surface area contributed by atoms with Crippen molar-refractivity contribution in [1.82, 2.24) is 10.2 Å². The number of benzene rings is 2. The Morgan fingerprint density at radius 1 is 1.04 bits per heavy atom. The number of anilines is 3. The molecule has 0 saturated heterocycles. The average molecular weight is 383 g/mol. The lowest BCUT2D eigenvalue weighted by molar-refractivity contribution is 0.102. The molecule has 1 aromatic heterocycles. The number of hydrogen-bond donors (Lipinski definition) is 2. The van der Waals surface area contributed by atoms with Gasteiger partial charge in [0.1, 0.15) is 0 Å². The summed E-state index contributed by atoms with van der Waals surface area (Å²) in [5.41, 5.74) is 2.20. The van der Waals surface area contributed by atoms with E-state index in [2.05, 4.69) is 20.8 Å². The van der Waals surface area contributed by atoms with E-state index in [0.29, 0.717) is 33.7 Å². The van der Waals surface area contributed by atoms with Gasteiger partial charge in [-0.2, -0.15) is 0 Å². The van der Waals surface area contributed by atoms with Gasteiger partial charge in [-0.25, -0.2) is 0 Å². The van der Waals surface area contributed by atoms with Crippen molar-refractivity contribution in [2.24, 2.45) is 0 Å². The van der Waals surface area contributed by atoms with E-state index in [0.717, 1.165) is 11.3 Å². The molecule has 1 amide bonds. The Labute approximate surface area is 160 Å². The molecule has 0 radical (unpaired) electrons. The van der Waals surface area contributed by atoms with Crippen molar-refractivity contribution >= 4 is 34.8 Å². The molecule has 0 aliphatic carbocycles. The molecule has 136 valence electrons. The highest BCUT2D eigenvalue weighted by Crippen LogP contribution is 2.32. The van der Waals surface area contributed by atoms with E-state index in [1.165, 1.54) is 0 Å². The summed E-state index contributed by atoms with van der Waals surface area (Å²) in [5.74, 6) is 1.74. The number of carbonyl (C=O) groups excluding carboxylic acids is 1. The Balaban J connectivity index is 1.44. The van der Waals surface area contributed by atoms with Gasteiger partial charge < -0.3 is 20.1 Å². The first-order chi connectivity index (χ1) is 13.1. The summed E-state index contributed by atoms with van der Waals surface area (Å²) < 4.78 is 10.5. The Morgan fingerprint density at radius 3 is 2.63 bits per heavy atom. The fraction of sp³-hybridized carbons (Fsp3) is 0.105. The van der Waals surface area contributed by atoms with E-state index in [4.69, 9.17) is 21.1 Å². The van der Waals surface area contributed by atoms with Crippen LogP contribution in [0, 0.1) is 6.92 Å². The number of halogens is 1. The molecule has 8 heteroatoms. The first-order valence-electron chi connectivity index (χ1n) is 8.17. The second-order valence-electron chi connectivity index (χ2n) is 5.86. The third-order valence-corrected chi connectivity index (χ3v) is 4.48. The molecule has 0 saturated carbocycles. The predicted molar refractivity (Wildman–Crippen MR) is 102 cm³/mol. The molecule has 3 aromatic rings. The molecule has 1 aliphatic heterocycles. The predicted octanol–water partition coefficient (Wildman–Crippen LogP) is 4.16. The van der Waals surface area contributed by atoms with Crippen molar-refractivity contribution in [3.05, 3.63) is 64.7 Å². The fourth-order valence-corrected chi connectivity index (χ4v) is 2.75. The standard InChI is InChI=1S/C19H15ClN4O3/c1-11-13(20)3-2-4-14(11)21-17-7-8-18(24-23-17)22-19(25)12-5-6-15-16(9-12)27-10-26-15/h2-9H,10H2,1H3,(H,21,23)(H,22,24,25). The van der Waals surface area contributed by atoms with Gasteiger partial charge >= 0.3 is 0 Å². The smallest absolute Gasteiger partial charge is 0.257 e. The van der Waals surface area contributed by atoms with Gasteiger partial charge in [0.25, 0.3) is 5.91 Å². The van der Waals surface area contributed by atoms with Gasteiger partial charge in [0.15, 0.2) is 23.1 Å². The SMILES string of the molecule is Cc1c(Cl)cccc1Nc1ccc(NC(=O)c2ccc3c(c2)OCO3)nn1. The maximum absolute atomic E-state index is 12.4. The van der Waals surface area contributed by atoms with Crippen LogP contribution in [0.1, 0.15) is 15.9 Å². The highest BCUT2D eigenvalue weighted by molar-refractivity contribution is 6.31. The first kappa shape index (κ1) is 17.1. The molecule has 0 unspecified atom stereocenters. The molecule has 2 heterocycles. The number of hydrogen-bond acceptors (Lipinski definition) is 6. The van der Waals surface area contributed by atoms with E-state index >= 15 is 0 Å². The monoisotopic (exact) mass is 382 g/mol. The molecule has 0 fully saturated rings. The van der Waals surface area contributed by atoms with Gasteiger partial charge in [0, 0.05) is 16.3 Å². The summed E-state index contributed by atoms with van der Waals surface area (Å²) in [4.78, 5) is 12.4. The molecule has 2 aromatic carbocycles. The molecule has 27 heavy (non-hydrogen) atoms. The number of ether oxygens (including phenoxy) is 2. The van der Waals surface area contributed by atoms with E-state index in [1.54, 1.807) is 30.3 Å². The Morgan fingerprint density at radius 2 is 1.81 bits per heavy atom. The van der Waals surface area contributed by atoms with E-state index in [9.17, 15) is 4.79 Å². The molecule has 0 atom stereocenters. The van der Waals surface area contributed by atoms with Crippen LogP contribution in [0.5, 0.6) is 11.5 Å². The normalized spacial score (nSPS) is 11.9. The number of nitrogens with one attached hydrogen (secondary N) is 2. The van der Waals surface area contributed by atoms with Crippen LogP contribution in [0.2, 0.25) is 5.02 Å². The van der Waals surface area contributed by atoms with Crippen molar-refractivity contribution in [3.8, 4) is 11.5 Å². The highest BCUT2D eigenvalue weighted by Gasteiger charge is 2.16. The number of amides is 1. The van der Waals surface area contributed by atoms with E-state index in [1.807, 2.05) is 25.1 Å². The molecular formula is C19H15ClN4O3. The summed E-state index contributed by atoms with van der Waals surface area (Å²) in [6.45, 7) is 2.07. The maximum Gasteiger partial charge on any atom is 0.257 e. The first-order valence-corrected chi connectivity index (χ1v) is 8.55. The van der Waals surface area contributed by atoms with Crippen molar-refractivity contribution in [2.75, 3.05) is 17.4 Å². The Hall–Kier alpha value is -3.32. The summed E-state index contributed by atoms with van der Waals surface area (Å²) in [6.07, 6.45) is 0. The quantitative estimate of drug-likeness (QED) is 0.704. The number of rotatable bonds is 4. The largest absolute Gasteiger partial charge is 0.454 e. The van der Waals surface area contributed by atoms with Crippen LogP contribution in [0.15, 0.2) is 48.5 Å². The third kappa shape index (κ3) is 3.63. The van der Waals surface area contributed by atoms with Gasteiger partial charge in [-0.1, -0.05) is 17.7 Å². The number of carbonyl (C=O) groups is 1. The summed E-state index contributed by atoms with van der Waals surface area (Å²) in [6, 6.07) is 14.0. The van der Waals surface area contributed by atoms with Crippen LogP contribution >= 0.6 is 11.6 Å². The lowest BCUT2D eigenvalue weighted by atomic mass is 10.2. The summed E-state index contributed by atoms with van der Waals surface area (Å²) in [7, 11) is 0. The minimum Gasteiger partial charge on any atom is -0.454 e. The zero-order valence-corrected chi connectivity index (χ0v) is 15.1. The fourth-order valence-electron chi connectivity index (χ4n) is 2.57. The highest BCUT2D eigenvalue weighted by atomic mass is 35.5. The van der Waals surface area contributed by atoms with Gasteiger partial charge in [-0.05, 0) is 55.0 Å². The molecule has 7 nitrogen and oxygen atoms in total. The molecule has 2 N–H and O–H groups in total.